The van der Waals surface area contributed by atoms with E-state index in [1.807, 2.05) is 0 Å². The fourth-order valence-corrected chi connectivity index (χ4v) is 1.43. The smallest absolute Gasteiger partial charge is 0.328 e. The van der Waals surface area contributed by atoms with Gasteiger partial charge in [0.25, 0.3) is 5.91 Å². The SMILES string of the molecule is CC(=O)Nc1cc(C(=O)NC(C(=O)O)C(C)O)ccn1. The summed E-state index contributed by atoms with van der Waals surface area (Å²) >= 11 is 0. The van der Waals surface area contributed by atoms with Gasteiger partial charge < -0.3 is 20.8 Å². The molecule has 1 heterocycles. The van der Waals surface area contributed by atoms with Crippen molar-refractivity contribution in [3.8, 4) is 0 Å². The zero-order chi connectivity index (χ0) is 15.3. The molecule has 1 aromatic rings. The number of nitrogens with zero attached hydrogens (tertiary/aromatic N) is 1. The van der Waals surface area contributed by atoms with Gasteiger partial charge in [0.2, 0.25) is 5.91 Å². The van der Waals surface area contributed by atoms with Gasteiger partial charge >= 0.3 is 5.97 Å². The van der Waals surface area contributed by atoms with Crippen molar-refractivity contribution >= 4 is 23.6 Å². The molecular weight excluding hydrogens is 266 g/mol. The molecule has 0 aliphatic heterocycles. The van der Waals surface area contributed by atoms with Gasteiger partial charge in [-0.1, -0.05) is 0 Å². The first-order valence-corrected chi connectivity index (χ1v) is 5.76. The molecule has 0 bridgehead atoms. The average Bonchev–Trinajstić information content (AvgIpc) is 2.34. The van der Waals surface area contributed by atoms with Crippen LogP contribution in [-0.4, -0.2) is 45.1 Å². The Morgan fingerprint density at radius 1 is 1.35 bits per heavy atom. The molecule has 0 aliphatic rings. The van der Waals surface area contributed by atoms with Crippen molar-refractivity contribution in [1.82, 2.24) is 10.3 Å². The Balaban J connectivity index is 2.86. The number of aromatic nitrogens is 1. The third-order valence-electron chi connectivity index (χ3n) is 2.36. The second kappa shape index (κ2) is 6.62. The number of hydrogen-bond donors (Lipinski definition) is 4. The van der Waals surface area contributed by atoms with Crippen LogP contribution in [0.25, 0.3) is 0 Å². The molecule has 8 heteroatoms. The first kappa shape index (κ1) is 15.6. The van der Waals surface area contributed by atoms with E-state index in [9.17, 15) is 19.5 Å². The Morgan fingerprint density at radius 3 is 2.50 bits per heavy atom. The molecule has 2 atom stereocenters. The lowest BCUT2D eigenvalue weighted by Gasteiger charge is -2.17. The van der Waals surface area contributed by atoms with Crippen molar-refractivity contribution < 1.29 is 24.6 Å². The number of carbonyl (C=O) groups is 3. The number of anilines is 1. The topological polar surface area (TPSA) is 129 Å². The van der Waals surface area contributed by atoms with E-state index in [1.54, 1.807) is 0 Å². The number of aliphatic carboxylic acids is 1. The molecule has 0 saturated carbocycles. The summed E-state index contributed by atoms with van der Waals surface area (Å²) in [6.45, 7) is 2.55. The molecule has 1 rings (SSSR count). The maximum absolute atomic E-state index is 11.9. The number of aliphatic hydroxyl groups is 1. The molecule has 0 fully saturated rings. The van der Waals surface area contributed by atoms with E-state index in [4.69, 9.17) is 5.11 Å². The molecular formula is C12H15N3O5. The van der Waals surface area contributed by atoms with E-state index >= 15 is 0 Å². The first-order chi connectivity index (χ1) is 9.31. The second-order valence-corrected chi connectivity index (χ2v) is 4.14. The van der Waals surface area contributed by atoms with Gasteiger partial charge in [-0.05, 0) is 19.1 Å². The lowest BCUT2D eigenvalue weighted by atomic mass is 10.1. The first-order valence-electron chi connectivity index (χ1n) is 5.76. The highest BCUT2D eigenvalue weighted by atomic mass is 16.4. The maximum atomic E-state index is 11.9. The minimum absolute atomic E-state index is 0.121. The Labute approximate surface area is 114 Å². The van der Waals surface area contributed by atoms with Crippen LogP contribution >= 0.6 is 0 Å². The fraction of sp³-hybridized carbons (Fsp3) is 0.333. The lowest BCUT2D eigenvalue weighted by Crippen LogP contribution is -2.47. The van der Waals surface area contributed by atoms with Crippen LogP contribution in [-0.2, 0) is 9.59 Å². The number of hydrogen-bond acceptors (Lipinski definition) is 5. The van der Waals surface area contributed by atoms with E-state index in [-0.39, 0.29) is 17.3 Å². The second-order valence-electron chi connectivity index (χ2n) is 4.14. The van der Waals surface area contributed by atoms with Crippen LogP contribution in [0.15, 0.2) is 18.3 Å². The average molecular weight is 281 g/mol. The molecule has 1 aromatic heterocycles. The van der Waals surface area contributed by atoms with Gasteiger partial charge in [-0.2, -0.15) is 0 Å². The van der Waals surface area contributed by atoms with Gasteiger partial charge in [0.05, 0.1) is 6.10 Å². The summed E-state index contributed by atoms with van der Waals surface area (Å²) in [6.07, 6.45) is 0.0614. The van der Waals surface area contributed by atoms with Gasteiger partial charge in [0.15, 0.2) is 6.04 Å². The highest BCUT2D eigenvalue weighted by Crippen LogP contribution is 2.07. The summed E-state index contributed by atoms with van der Waals surface area (Å²) in [5.41, 5.74) is 0.121. The molecule has 8 nitrogen and oxygen atoms in total. The number of pyridine rings is 1. The van der Waals surface area contributed by atoms with Crippen molar-refractivity contribution in [1.29, 1.82) is 0 Å². The van der Waals surface area contributed by atoms with E-state index in [2.05, 4.69) is 15.6 Å². The summed E-state index contributed by atoms with van der Waals surface area (Å²) in [5.74, 6) is -2.20. The summed E-state index contributed by atoms with van der Waals surface area (Å²) in [7, 11) is 0. The highest BCUT2D eigenvalue weighted by molar-refractivity contribution is 5.98. The van der Waals surface area contributed by atoms with Gasteiger partial charge in [-0.25, -0.2) is 9.78 Å². The zero-order valence-corrected chi connectivity index (χ0v) is 11.0. The molecule has 108 valence electrons. The molecule has 2 amide bonds. The van der Waals surface area contributed by atoms with Crippen molar-refractivity contribution in [3.05, 3.63) is 23.9 Å². The number of carboxylic acid groups (broad SMARTS) is 1. The third kappa shape index (κ3) is 4.32. The van der Waals surface area contributed by atoms with E-state index in [0.717, 1.165) is 0 Å². The minimum Gasteiger partial charge on any atom is -0.480 e. The van der Waals surface area contributed by atoms with Crippen molar-refractivity contribution in [2.75, 3.05) is 5.32 Å². The van der Waals surface area contributed by atoms with Crippen LogP contribution in [0.4, 0.5) is 5.82 Å². The van der Waals surface area contributed by atoms with Gasteiger partial charge in [-0.3, -0.25) is 9.59 Å². The molecule has 2 unspecified atom stereocenters. The third-order valence-corrected chi connectivity index (χ3v) is 2.36. The number of carbonyl (C=O) groups excluding carboxylic acids is 2. The fourth-order valence-electron chi connectivity index (χ4n) is 1.43. The van der Waals surface area contributed by atoms with Crippen LogP contribution in [0.2, 0.25) is 0 Å². The lowest BCUT2D eigenvalue weighted by molar-refractivity contribution is -0.141. The van der Waals surface area contributed by atoms with E-state index < -0.39 is 24.0 Å². The molecule has 0 radical (unpaired) electrons. The number of amides is 2. The van der Waals surface area contributed by atoms with Crippen LogP contribution in [0.1, 0.15) is 24.2 Å². The predicted octanol–water partition coefficient (Wildman–Crippen LogP) is -0.396. The van der Waals surface area contributed by atoms with E-state index in [0.29, 0.717) is 0 Å². The zero-order valence-electron chi connectivity index (χ0n) is 11.0. The normalized spacial score (nSPS) is 13.2. The minimum atomic E-state index is -1.42. The van der Waals surface area contributed by atoms with E-state index in [1.165, 1.54) is 32.2 Å². The summed E-state index contributed by atoms with van der Waals surface area (Å²) in [6, 6.07) is 1.25. The summed E-state index contributed by atoms with van der Waals surface area (Å²) in [4.78, 5) is 37.5. The van der Waals surface area contributed by atoms with Crippen molar-refractivity contribution in [2.24, 2.45) is 0 Å². The molecule has 0 aliphatic carbocycles. The monoisotopic (exact) mass is 281 g/mol. The number of rotatable bonds is 5. The predicted molar refractivity (Wildman–Crippen MR) is 69.1 cm³/mol. The number of aliphatic hydroxyl groups excluding tert-OH is 1. The Morgan fingerprint density at radius 2 is 2.00 bits per heavy atom. The van der Waals surface area contributed by atoms with Gasteiger partial charge in [0, 0.05) is 18.7 Å². The van der Waals surface area contributed by atoms with Crippen molar-refractivity contribution in [3.63, 3.8) is 0 Å². The highest BCUT2D eigenvalue weighted by Gasteiger charge is 2.25. The summed E-state index contributed by atoms with van der Waals surface area (Å²) < 4.78 is 0. The van der Waals surface area contributed by atoms with Crippen LogP contribution in [0.3, 0.4) is 0 Å². The Bertz CT molecular complexity index is 530. The van der Waals surface area contributed by atoms with Crippen LogP contribution in [0.5, 0.6) is 0 Å². The maximum Gasteiger partial charge on any atom is 0.328 e. The standard InChI is InChI=1S/C12H15N3O5/c1-6(16)10(12(19)20)15-11(18)8-3-4-13-9(5-8)14-7(2)17/h3-6,10,16H,1-2H3,(H,15,18)(H,19,20)(H,13,14,17). The Hall–Kier alpha value is -2.48. The quantitative estimate of drug-likeness (QED) is 0.581. The molecule has 20 heavy (non-hydrogen) atoms. The number of nitrogens with one attached hydrogen (secondary N) is 2. The molecule has 4 N–H and O–H groups in total. The largest absolute Gasteiger partial charge is 0.480 e. The molecule has 0 saturated heterocycles. The van der Waals surface area contributed by atoms with Crippen LogP contribution < -0.4 is 10.6 Å². The summed E-state index contributed by atoms with van der Waals surface area (Å²) in [5, 5.41) is 22.7. The van der Waals surface area contributed by atoms with Gasteiger partial charge in [0.1, 0.15) is 5.82 Å². The van der Waals surface area contributed by atoms with Crippen molar-refractivity contribution in [2.45, 2.75) is 26.0 Å². The van der Waals surface area contributed by atoms with Gasteiger partial charge in [-0.15, -0.1) is 0 Å². The molecule has 0 aromatic carbocycles. The molecule has 0 spiro atoms. The Kier molecular flexibility index (Phi) is 5.15. The number of carboxylic acids is 1. The van der Waals surface area contributed by atoms with Crippen LogP contribution in [0, 0.1) is 0 Å².